The molecule has 1 aromatic heterocycles. The Labute approximate surface area is 87.8 Å². The number of anilines is 1. The molecule has 0 aliphatic rings. The predicted octanol–water partition coefficient (Wildman–Crippen LogP) is -0.133. The SMILES string of the molecule is CC(C)(C)c1nnc(NCCO)[nH]c1=O. The average Bonchev–Trinajstić information content (AvgIpc) is 2.12. The zero-order chi connectivity index (χ0) is 11.5. The molecule has 0 amide bonds. The van der Waals surface area contributed by atoms with Crippen molar-refractivity contribution in [2.75, 3.05) is 18.5 Å². The summed E-state index contributed by atoms with van der Waals surface area (Å²) in [5.41, 5.74) is -0.175. The van der Waals surface area contributed by atoms with E-state index in [1.807, 2.05) is 20.8 Å². The normalized spacial score (nSPS) is 11.5. The summed E-state index contributed by atoms with van der Waals surface area (Å²) in [6.07, 6.45) is 0. The number of aromatic amines is 1. The number of hydrogen-bond acceptors (Lipinski definition) is 5. The number of nitrogens with one attached hydrogen (secondary N) is 2. The first-order valence-corrected chi connectivity index (χ1v) is 4.77. The van der Waals surface area contributed by atoms with Crippen molar-refractivity contribution in [2.45, 2.75) is 26.2 Å². The molecule has 0 saturated heterocycles. The highest BCUT2D eigenvalue weighted by molar-refractivity contribution is 5.22. The van der Waals surface area contributed by atoms with Gasteiger partial charge < -0.3 is 10.4 Å². The van der Waals surface area contributed by atoms with Crippen molar-refractivity contribution < 1.29 is 5.11 Å². The van der Waals surface area contributed by atoms with Crippen LogP contribution in [-0.2, 0) is 5.41 Å². The number of aliphatic hydroxyl groups is 1. The zero-order valence-electron chi connectivity index (χ0n) is 9.16. The number of hydrogen-bond donors (Lipinski definition) is 3. The highest BCUT2D eigenvalue weighted by Gasteiger charge is 2.20. The summed E-state index contributed by atoms with van der Waals surface area (Å²) in [6.45, 7) is 6.00. The quantitative estimate of drug-likeness (QED) is 0.649. The van der Waals surface area contributed by atoms with Crippen molar-refractivity contribution in [1.82, 2.24) is 15.2 Å². The van der Waals surface area contributed by atoms with Gasteiger partial charge in [-0.15, -0.1) is 10.2 Å². The lowest BCUT2D eigenvalue weighted by atomic mass is 9.93. The van der Waals surface area contributed by atoms with Crippen LogP contribution in [-0.4, -0.2) is 33.4 Å². The van der Waals surface area contributed by atoms with E-state index in [4.69, 9.17) is 5.11 Å². The van der Waals surface area contributed by atoms with E-state index >= 15 is 0 Å². The average molecular weight is 212 g/mol. The lowest BCUT2D eigenvalue weighted by Gasteiger charge is -2.15. The minimum absolute atomic E-state index is 0.0231. The van der Waals surface area contributed by atoms with Gasteiger partial charge in [0.25, 0.3) is 5.56 Å². The minimum atomic E-state index is -0.323. The van der Waals surface area contributed by atoms with Crippen LogP contribution in [0.5, 0.6) is 0 Å². The molecule has 0 fully saturated rings. The molecule has 6 nitrogen and oxygen atoms in total. The highest BCUT2D eigenvalue weighted by atomic mass is 16.3. The Bertz CT molecular complexity index is 380. The molecule has 0 aliphatic heterocycles. The third kappa shape index (κ3) is 3.02. The van der Waals surface area contributed by atoms with Gasteiger partial charge in [0.05, 0.1) is 6.61 Å². The third-order valence-electron chi connectivity index (χ3n) is 1.81. The minimum Gasteiger partial charge on any atom is -0.395 e. The maximum absolute atomic E-state index is 11.6. The third-order valence-corrected chi connectivity index (χ3v) is 1.81. The second kappa shape index (κ2) is 4.39. The summed E-state index contributed by atoms with van der Waals surface area (Å²) in [5, 5.41) is 19.0. The Morgan fingerprint density at radius 3 is 2.53 bits per heavy atom. The first-order valence-electron chi connectivity index (χ1n) is 4.77. The summed E-state index contributed by atoms with van der Waals surface area (Å²) in [6, 6.07) is 0. The van der Waals surface area contributed by atoms with Crippen molar-refractivity contribution in [3.63, 3.8) is 0 Å². The van der Waals surface area contributed by atoms with Crippen LogP contribution in [0, 0.1) is 0 Å². The van der Waals surface area contributed by atoms with Crippen LogP contribution in [0.25, 0.3) is 0 Å². The van der Waals surface area contributed by atoms with E-state index in [0.717, 1.165) is 0 Å². The first-order chi connectivity index (χ1) is 6.95. The Morgan fingerprint density at radius 2 is 2.07 bits per heavy atom. The van der Waals surface area contributed by atoms with Crippen molar-refractivity contribution in [3.05, 3.63) is 16.0 Å². The van der Waals surface area contributed by atoms with E-state index in [1.165, 1.54) is 0 Å². The molecular formula is C9H16N4O2. The molecule has 0 radical (unpaired) electrons. The number of aromatic nitrogens is 3. The topological polar surface area (TPSA) is 90.9 Å². The fourth-order valence-electron chi connectivity index (χ4n) is 1.08. The van der Waals surface area contributed by atoms with Crippen LogP contribution in [0.3, 0.4) is 0 Å². The predicted molar refractivity (Wildman–Crippen MR) is 56.9 cm³/mol. The molecule has 0 bridgehead atoms. The molecule has 15 heavy (non-hydrogen) atoms. The molecule has 0 saturated carbocycles. The van der Waals surface area contributed by atoms with Gasteiger partial charge in [-0.2, -0.15) is 0 Å². The Morgan fingerprint density at radius 1 is 1.40 bits per heavy atom. The summed E-state index contributed by atoms with van der Waals surface area (Å²) in [4.78, 5) is 14.2. The molecule has 1 rings (SSSR count). The second-order valence-corrected chi connectivity index (χ2v) is 4.25. The highest BCUT2D eigenvalue weighted by Crippen LogP contribution is 2.15. The number of rotatable bonds is 3. The fourth-order valence-corrected chi connectivity index (χ4v) is 1.08. The van der Waals surface area contributed by atoms with Crippen LogP contribution >= 0.6 is 0 Å². The molecular weight excluding hydrogens is 196 g/mol. The van der Waals surface area contributed by atoms with Gasteiger partial charge in [0.15, 0.2) is 0 Å². The number of nitrogens with zero attached hydrogens (tertiary/aromatic N) is 2. The second-order valence-electron chi connectivity index (χ2n) is 4.25. The molecule has 3 N–H and O–H groups in total. The van der Waals surface area contributed by atoms with Gasteiger partial charge >= 0.3 is 0 Å². The van der Waals surface area contributed by atoms with Crippen molar-refractivity contribution in [3.8, 4) is 0 Å². The van der Waals surface area contributed by atoms with Gasteiger partial charge in [0.1, 0.15) is 5.69 Å². The summed E-state index contributed by atoms with van der Waals surface area (Å²) in [7, 11) is 0. The Hall–Kier alpha value is -1.43. The van der Waals surface area contributed by atoms with E-state index in [-0.39, 0.29) is 23.5 Å². The summed E-state index contributed by atoms with van der Waals surface area (Å²) < 4.78 is 0. The van der Waals surface area contributed by atoms with Gasteiger partial charge in [0, 0.05) is 12.0 Å². The maximum Gasteiger partial charge on any atom is 0.274 e. The molecule has 1 aromatic rings. The lowest BCUT2D eigenvalue weighted by molar-refractivity contribution is 0.310. The van der Waals surface area contributed by atoms with E-state index in [1.54, 1.807) is 0 Å². The van der Waals surface area contributed by atoms with Crippen molar-refractivity contribution in [1.29, 1.82) is 0 Å². The van der Waals surface area contributed by atoms with E-state index in [0.29, 0.717) is 12.2 Å². The molecule has 0 spiro atoms. The maximum atomic E-state index is 11.6. The van der Waals surface area contributed by atoms with Crippen molar-refractivity contribution in [2.24, 2.45) is 0 Å². The van der Waals surface area contributed by atoms with Crippen molar-refractivity contribution >= 4 is 5.95 Å². The monoisotopic (exact) mass is 212 g/mol. The Balaban J connectivity index is 2.94. The summed E-state index contributed by atoms with van der Waals surface area (Å²) >= 11 is 0. The Kier molecular flexibility index (Phi) is 3.41. The van der Waals surface area contributed by atoms with Crippen LogP contribution in [0.15, 0.2) is 4.79 Å². The lowest BCUT2D eigenvalue weighted by Crippen LogP contribution is -2.28. The van der Waals surface area contributed by atoms with Gasteiger partial charge in [-0.1, -0.05) is 20.8 Å². The molecule has 84 valence electrons. The molecule has 0 unspecified atom stereocenters. The largest absolute Gasteiger partial charge is 0.395 e. The van der Waals surface area contributed by atoms with E-state index in [2.05, 4.69) is 20.5 Å². The van der Waals surface area contributed by atoms with Crippen LogP contribution in [0.4, 0.5) is 5.95 Å². The van der Waals surface area contributed by atoms with Gasteiger partial charge in [-0.05, 0) is 0 Å². The van der Waals surface area contributed by atoms with E-state index < -0.39 is 0 Å². The standard InChI is InChI=1S/C9H16N4O2/c1-9(2,3)6-7(15)11-8(13-12-6)10-4-5-14/h14H,4-5H2,1-3H3,(H2,10,11,13,15). The molecule has 0 atom stereocenters. The fraction of sp³-hybridized carbons (Fsp3) is 0.667. The molecule has 6 heteroatoms. The van der Waals surface area contributed by atoms with Crippen LogP contribution < -0.4 is 10.9 Å². The van der Waals surface area contributed by atoms with Crippen LogP contribution in [0.1, 0.15) is 26.5 Å². The number of aliphatic hydroxyl groups excluding tert-OH is 1. The molecule has 0 aliphatic carbocycles. The smallest absolute Gasteiger partial charge is 0.274 e. The first kappa shape index (κ1) is 11.6. The van der Waals surface area contributed by atoms with Crippen LogP contribution in [0.2, 0.25) is 0 Å². The van der Waals surface area contributed by atoms with E-state index in [9.17, 15) is 4.79 Å². The zero-order valence-corrected chi connectivity index (χ0v) is 9.16. The van der Waals surface area contributed by atoms with Gasteiger partial charge in [0.2, 0.25) is 5.95 Å². The number of H-pyrrole nitrogens is 1. The summed E-state index contributed by atoms with van der Waals surface area (Å²) in [5.74, 6) is 0.280. The molecule has 0 aromatic carbocycles. The van der Waals surface area contributed by atoms with Gasteiger partial charge in [-0.3, -0.25) is 9.78 Å². The van der Waals surface area contributed by atoms with Gasteiger partial charge in [-0.25, -0.2) is 0 Å². The molecule has 1 heterocycles.